The third-order valence-corrected chi connectivity index (χ3v) is 4.02. The first-order chi connectivity index (χ1) is 12.8. The molecule has 27 heavy (non-hydrogen) atoms. The fraction of sp³-hybridized carbons (Fsp3) is 0.312. The summed E-state index contributed by atoms with van der Waals surface area (Å²) in [6, 6.07) is 4.40. The number of ether oxygens (including phenoxy) is 1. The van der Waals surface area contributed by atoms with Gasteiger partial charge in [-0.05, 0) is 17.7 Å². The molecular weight excluding hydrogens is 387 g/mol. The average molecular weight is 402 g/mol. The Balaban J connectivity index is 1.62. The third kappa shape index (κ3) is 5.06. The molecule has 144 valence electrons. The van der Waals surface area contributed by atoms with Gasteiger partial charge in [-0.1, -0.05) is 17.7 Å². The van der Waals surface area contributed by atoms with Crippen molar-refractivity contribution in [1.29, 1.82) is 0 Å². The highest BCUT2D eigenvalue weighted by Crippen LogP contribution is 2.28. The average Bonchev–Trinajstić information content (AvgIpc) is 2.64. The van der Waals surface area contributed by atoms with E-state index < -0.39 is 18.0 Å². The summed E-state index contributed by atoms with van der Waals surface area (Å²) in [6.45, 7) is 2.05. The fourth-order valence-corrected chi connectivity index (χ4v) is 2.67. The molecule has 0 spiro atoms. The number of urea groups is 1. The van der Waals surface area contributed by atoms with E-state index in [0.29, 0.717) is 23.9 Å². The summed E-state index contributed by atoms with van der Waals surface area (Å²) in [5.41, 5.74) is 1.22. The SMILES string of the molecule is O=C(Nc1cnc(C(F)(F)F)nc1)Nc1ccc([C@H]2CNCCO2)cc1Cl. The largest absolute Gasteiger partial charge is 0.451 e. The van der Waals surface area contributed by atoms with Crippen LogP contribution >= 0.6 is 11.6 Å². The van der Waals surface area contributed by atoms with Crippen LogP contribution in [0.25, 0.3) is 0 Å². The number of anilines is 2. The molecule has 7 nitrogen and oxygen atoms in total. The number of alkyl halides is 3. The van der Waals surface area contributed by atoms with Gasteiger partial charge in [0, 0.05) is 13.1 Å². The number of hydrogen-bond donors (Lipinski definition) is 3. The number of benzene rings is 1. The molecule has 2 aromatic rings. The van der Waals surface area contributed by atoms with Crippen molar-refractivity contribution >= 4 is 29.0 Å². The van der Waals surface area contributed by atoms with Gasteiger partial charge < -0.3 is 20.7 Å². The van der Waals surface area contributed by atoms with Crippen molar-refractivity contribution in [1.82, 2.24) is 15.3 Å². The number of amides is 2. The number of nitrogens with zero attached hydrogens (tertiary/aromatic N) is 2. The van der Waals surface area contributed by atoms with Gasteiger partial charge in [0.05, 0.1) is 41.5 Å². The Bertz CT molecular complexity index is 811. The minimum atomic E-state index is -4.65. The van der Waals surface area contributed by atoms with Crippen LogP contribution in [0.4, 0.5) is 29.3 Å². The van der Waals surface area contributed by atoms with Gasteiger partial charge in [0.25, 0.3) is 0 Å². The first-order valence-electron chi connectivity index (χ1n) is 7.92. The van der Waals surface area contributed by atoms with Crippen LogP contribution in [0.3, 0.4) is 0 Å². The van der Waals surface area contributed by atoms with Crippen molar-refractivity contribution in [3.05, 3.63) is 47.0 Å². The topological polar surface area (TPSA) is 88.2 Å². The number of halogens is 4. The van der Waals surface area contributed by atoms with E-state index in [2.05, 4.69) is 25.9 Å². The molecule has 1 aromatic heterocycles. The standard InChI is InChI=1S/C16H15ClF3N5O2/c17-11-5-9(13-8-21-3-4-27-13)1-2-12(11)25-15(26)24-10-6-22-14(23-7-10)16(18,19)20/h1-2,5-7,13,21H,3-4,8H2,(H2,24,25,26)/t13-/m1/s1. The van der Waals surface area contributed by atoms with E-state index in [-0.39, 0.29) is 11.8 Å². The second kappa shape index (κ2) is 8.07. The minimum Gasteiger partial charge on any atom is -0.371 e. The zero-order valence-electron chi connectivity index (χ0n) is 13.8. The number of nitrogens with one attached hydrogen (secondary N) is 3. The van der Waals surface area contributed by atoms with Crippen molar-refractivity contribution in [3.8, 4) is 0 Å². The maximum atomic E-state index is 12.4. The second-order valence-electron chi connectivity index (χ2n) is 5.68. The first-order valence-corrected chi connectivity index (χ1v) is 8.30. The molecule has 0 radical (unpaired) electrons. The number of rotatable bonds is 3. The predicted octanol–water partition coefficient (Wildman–Crippen LogP) is 3.45. The van der Waals surface area contributed by atoms with Gasteiger partial charge in [-0.2, -0.15) is 13.2 Å². The van der Waals surface area contributed by atoms with Crippen molar-refractivity contribution in [2.24, 2.45) is 0 Å². The van der Waals surface area contributed by atoms with E-state index in [1.165, 1.54) is 0 Å². The number of hydrogen-bond acceptors (Lipinski definition) is 5. The molecule has 0 unspecified atom stereocenters. The Labute approximate surface area is 157 Å². The Morgan fingerprint density at radius 2 is 2.00 bits per heavy atom. The van der Waals surface area contributed by atoms with Gasteiger partial charge in [-0.15, -0.1) is 0 Å². The summed E-state index contributed by atoms with van der Waals surface area (Å²) < 4.78 is 42.9. The van der Waals surface area contributed by atoms with E-state index in [1.807, 2.05) is 0 Å². The zero-order chi connectivity index (χ0) is 19.4. The quantitative estimate of drug-likeness (QED) is 0.733. The fourth-order valence-electron chi connectivity index (χ4n) is 2.44. The monoisotopic (exact) mass is 401 g/mol. The van der Waals surface area contributed by atoms with Gasteiger partial charge in [0.2, 0.25) is 5.82 Å². The molecule has 0 saturated carbocycles. The lowest BCUT2D eigenvalue weighted by Crippen LogP contribution is -2.33. The second-order valence-corrected chi connectivity index (χ2v) is 6.08. The molecule has 0 aliphatic carbocycles. The maximum absolute atomic E-state index is 12.4. The number of carbonyl (C=O) groups is 1. The van der Waals surface area contributed by atoms with Gasteiger partial charge >= 0.3 is 12.2 Å². The van der Waals surface area contributed by atoms with Crippen molar-refractivity contribution in [2.45, 2.75) is 12.3 Å². The van der Waals surface area contributed by atoms with Crippen LogP contribution in [0.2, 0.25) is 5.02 Å². The van der Waals surface area contributed by atoms with Gasteiger partial charge in [-0.3, -0.25) is 0 Å². The molecule has 1 aliphatic rings. The Morgan fingerprint density at radius 3 is 2.59 bits per heavy atom. The molecule has 3 rings (SSSR count). The molecular formula is C16H15ClF3N5O2. The molecule has 2 amide bonds. The molecule has 1 aliphatic heterocycles. The van der Waals surface area contributed by atoms with E-state index in [9.17, 15) is 18.0 Å². The summed E-state index contributed by atoms with van der Waals surface area (Å²) in [5, 5.41) is 8.37. The lowest BCUT2D eigenvalue weighted by atomic mass is 10.1. The van der Waals surface area contributed by atoms with Crippen molar-refractivity contribution < 1.29 is 22.7 Å². The third-order valence-electron chi connectivity index (χ3n) is 3.70. The van der Waals surface area contributed by atoms with E-state index in [4.69, 9.17) is 16.3 Å². The van der Waals surface area contributed by atoms with Gasteiger partial charge in [0.1, 0.15) is 0 Å². The van der Waals surface area contributed by atoms with E-state index in [0.717, 1.165) is 24.5 Å². The Morgan fingerprint density at radius 1 is 1.26 bits per heavy atom. The smallest absolute Gasteiger partial charge is 0.371 e. The van der Waals surface area contributed by atoms with Crippen molar-refractivity contribution in [3.63, 3.8) is 0 Å². The highest BCUT2D eigenvalue weighted by molar-refractivity contribution is 6.33. The molecule has 11 heteroatoms. The van der Waals surface area contributed by atoms with Crippen LogP contribution in [-0.2, 0) is 10.9 Å². The van der Waals surface area contributed by atoms with E-state index >= 15 is 0 Å². The first kappa shape index (κ1) is 19.3. The van der Waals surface area contributed by atoms with Crippen molar-refractivity contribution in [2.75, 3.05) is 30.3 Å². The normalized spacial score (nSPS) is 17.4. The summed E-state index contributed by atoms with van der Waals surface area (Å²) in [6.07, 6.45) is -3.03. The van der Waals surface area contributed by atoms with Crippen LogP contribution in [0.5, 0.6) is 0 Å². The van der Waals surface area contributed by atoms with Gasteiger partial charge in [-0.25, -0.2) is 14.8 Å². The molecule has 3 N–H and O–H groups in total. The Hall–Kier alpha value is -2.43. The molecule has 2 heterocycles. The molecule has 1 atom stereocenters. The lowest BCUT2D eigenvalue weighted by Gasteiger charge is -2.24. The molecule has 0 bridgehead atoms. The van der Waals surface area contributed by atoms with Crippen LogP contribution in [-0.4, -0.2) is 35.7 Å². The summed E-state index contributed by atoms with van der Waals surface area (Å²) in [4.78, 5) is 18.3. The number of morpholine rings is 1. The molecule has 1 aromatic carbocycles. The maximum Gasteiger partial charge on any atom is 0.451 e. The summed E-state index contributed by atoms with van der Waals surface area (Å²) in [5.74, 6) is -1.29. The highest BCUT2D eigenvalue weighted by atomic mass is 35.5. The predicted molar refractivity (Wildman–Crippen MR) is 92.7 cm³/mol. The summed E-state index contributed by atoms with van der Waals surface area (Å²) >= 11 is 6.20. The molecule has 1 saturated heterocycles. The lowest BCUT2D eigenvalue weighted by molar-refractivity contribution is -0.144. The van der Waals surface area contributed by atoms with E-state index in [1.54, 1.807) is 18.2 Å². The number of carbonyl (C=O) groups excluding carboxylic acids is 1. The highest BCUT2D eigenvalue weighted by Gasteiger charge is 2.34. The zero-order valence-corrected chi connectivity index (χ0v) is 14.6. The minimum absolute atomic E-state index is 0.00919. The van der Waals surface area contributed by atoms with Crippen LogP contribution in [0, 0.1) is 0 Å². The van der Waals surface area contributed by atoms with Crippen LogP contribution in [0.1, 0.15) is 17.5 Å². The molecule has 1 fully saturated rings. The van der Waals surface area contributed by atoms with Crippen LogP contribution in [0.15, 0.2) is 30.6 Å². The van der Waals surface area contributed by atoms with Crippen LogP contribution < -0.4 is 16.0 Å². The number of aromatic nitrogens is 2. The van der Waals surface area contributed by atoms with Gasteiger partial charge in [0.15, 0.2) is 0 Å². The summed E-state index contributed by atoms with van der Waals surface area (Å²) in [7, 11) is 0. The Kier molecular flexibility index (Phi) is 5.78.